The summed E-state index contributed by atoms with van der Waals surface area (Å²) in [5.74, 6) is 0.768. The third-order valence-corrected chi connectivity index (χ3v) is 3.76. The number of benzene rings is 1. The number of esters is 1. The van der Waals surface area contributed by atoms with Crippen molar-refractivity contribution in [3.63, 3.8) is 0 Å². The first-order valence-corrected chi connectivity index (χ1v) is 7.06. The molecular weight excluding hydrogens is 270 g/mol. The van der Waals surface area contributed by atoms with Crippen molar-refractivity contribution >= 4 is 11.9 Å². The lowest BCUT2D eigenvalue weighted by Crippen LogP contribution is -2.35. The molecule has 0 radical (unpaired) electrons. The molecule has 5 heteroatoms. The SMILES string of the molecule is COC(=O)C[C@H](C)NC(=O)[C@@H]1C[C@@H]1c1ccc(OC)cc1. The van der Waals surface area contributed by atoms with E-state index in [1.807, 2.05) is 24.3 Å². The van der Waals surface area contributed by atoms with Crippen LogP contribution < -0.4 is 10.1 Å². The Bertz CT molecular complexity index is 512. The van der Waals surface area contributed by atoms with E-state index in [0.717, 1.165) is 17.7 Å². The van der Waals surface area contributed by atoms with Crippen molar-refractivity contribution in [3.8, 4) is 5.75 Å². The van der Waals surface area contributed by atoms with Crippen LogP contribution in [0.5, 0.6) is 5.75 Å². The summed E-state index contributed by atoms with van der Waals surface area (Å²) < 4.78 is 9.71. The first-order valence-electron chi connectivity index (χ1n) is 7.06. The lowest BCUT2D eigenvalue weighted by molar-refractivity contribution is -0.141. The van der Waals surface area contributed by atoms with Crippen LogP contribution in [-0.2, 0) is 14.3 Å². The Balaban J connectivity index is 1.84. The van der Waals surface area contributed by atoms with Crippen molar-refractivity contribution in [3.05, 3.63) is 29.8 Å². The van der Waals surface area contributed by atoms with Crippen LogP contribution >= 0.6 is 0 Å². The van der Waals surface area contributed by atoms with E-state index in [1.54, 1.807) is 14.0 Å². The Labute approximate surface area is 124 Å². The molecule has 1 aliphatic rings. The second-order valence-electron chi connectivity index (χ2n) is 5.41. The molecule has 1 aromatic rings. The molecule has 0 heterocycles. The third-order valence-electron chi connectivity index (χ3n) is 3.76. The van der Waals surface area contributed by atoms with Gasteiger partial charge in [-0.2, -0.15) is 0 Å². The lowest BCUT2D eigenvalue weighted by Gasteiger charge is -2.12. The molecule has 1 saturated carbocycles. The van der Waals surface area contributed by atoms with E-state index >= 15 is 0 Å². The van der Waals surface area contributed by atoms with Gasteiger partial charge in [-0.25, -0.2) is 0 Å². The highest BCUT2D eigenvalue weighted by Gasteiger charge is 2.44. The number of hydrogen-bond acceptors (Lipinski definition) is 4. The zero-order chi connectivity index (χ0) is 15.4. The molecule has 3 atom stereocenters. The first-order chi connectivity index (χ1) is 10.0. The van der Waals surface area contributed by atoms with Gasteiger partial charge in [0, 0.05) is 12.0 Å². The van der Waals surface area contributed by atoms with Crippen LogP contribution in [0.3, 0.4) is 0 Å². The molecule has 114 valence electrons. The van der Waals surface area contributed by atoms with Crippen molar-refractivity contribution in [2.75, 3.05) is 14.2 Å². The largest absolute Gasteiger partial charge is 0.497 e. The fourth-order valence-electron chi connectivity index (χ4n) is 2.44. The van der Waals surface area contributed by atoms with Crippen molar-refractivity contribution in [1.29, 1.82) is 0 Å². The molecule has 1 fully saturated rings. The zero-order valence-corrected chi connectivity index (χ0v) is 12.6. The van der Waals surface area contributed by atoms with Crippen LogP contribution in [-0.4, -0.2) is 32.1 Å². The standard InChI is InChI=1S/C16H21NO4/c1-10(8-15(18)21-3)17-16(19)14-9-13(14)11-4-6-12(20-2)7-5-11/h4-7,10,13-14H,8-9H2,1-3H3,(H,17,19)/t10-,13+,14+/m0/s1. The van der Waals surface area contributed by atoms with Crippen molar-refractivity contribution in [1.82, 2.24) is 5.32 Å². The number of carbonyl (C=O) groups is 2. The van der Waals surface area contributed by atoms with E-state index in [4.69, 9.17) is 4.74 Å². The number of ether oxygens (including phenoxy) is 2. The van der Waals surface area contributed by atoms with Gasteiger partial charge in [0.25, 0.3) is 0 Å². The number of hydrogen-bond donors (Lipinski definition) is 1. The smallest absolute Gasteiger partial charge is 0.307 e. The summed E-state index contributed by atoms with van der Waals surface area (Å²) in [6.07, 6.45) is 1.05. The minimum absolute atomic E-state index is 0.00140. The number of carbonyl (C=O) groups excluding carboxylic acids is 2. The summed E-state index contributed by atoms with van der Waals surface area (Å²) in [6.45, 7) is 1.81. The fraction of sp³-hybridized carbons (Fsp3) is 0.500. The summed E-state index contributed by atoms with van der Waals surface area (Å²) in [4.78, 5) is 23.3. The summed E-state index contributed by atoms with van der Waals surface area (Å²) in [7, 11) is 2.97. The second kappa shape index (κ2) is 6.61. The maximum atomic E-state index is 12.1. The number of amides is 1. The van der Waals surface area contributed by atoms with Crippen LogP contribution in [0.2, 0.25) is 0 Å². The minimum Gasteiger partial charge on any atom is -0.497 e. The highest BCUT2D eigenvalue weighted by molar-refractivity contribution is 5.83. The Morgan fingerprint density at radius 1 is 1.29 bits per heavy atom. The fourth-order valence-corrected chi connectivity index (χ4v) is 2.44. The van der Waals surface area contributed by atoms with Gasteiger partial charge in [-0.1, -0.05) is 12.1 Å². The third kappa shape index (κ3) is 3.97. The summed E-state index contributed by atoms with van der Waals surface area (Å²) in [5, 5.41) is 2.86. The molecule has 0 aliphatic heterocycles. The quantitative estimate of drug-likeness (QED) is 0.813. The molecule has 0 bridgehead atoms. The first kappa shape index (κ1) is 15.4. The van der Waals surface area contributed by atoms with Gasteiger partial charge in [-0.05, 0) is 37.0 Å². The minimum atomic E-state index is -0.315. The predicted octanol–water partition coefficient (Wildman–Crippen LogP) is 1.87. The van der Waals surface area contributed by atoms with Crippen LogP contribution in [0, 0.1) is 5.92 Å². The average molecular weight is 291 g/mol. The molecule has 1 aromatic carbocycles. The summed E-state index contributed by atoms with van der Waals surface area (Å²) in [5.41, 5.74) is 1.15. The molecule has 0 unspecified atom stereocenters. The zero-order valence-electron chi connectivity index (χ0n) is 12.6. The second-order valence-corrected chi connectivity index (χ2v) is 5.41. The van der Waals surface area contributed by atoms with Crippen LogP contribution in [0.1, 0.15) is 31.2 Å². The van der Waals surface area contributed by atoms with Crippen molar-refractivity contribution in [2.45, 2.75) is 31.7 Å². The topological polar surface area (TPSA) is 64.6 Å². The highest BCUT2D eigenvalue weighted by Crippen LogP contribution is 2.47. The van der Waals surface area contributed by atoms with Gasteiger partial charge in [0.15, 0.2) is 0 Å². The van der Waals surface area contributed by atoms with Crippen LogP contribution in [0.15, 0.2) is 24.3 Å². The molecule has 21 heavy (non-hydrogen) atoms. The van der Waals surface area contributed by atoms with E-state index in [9.17, 15) is 9.59 Å². The van der Waals surface area contributed by atoms with Gasteiger partial charge in [0.1, 0.15) is 5.75 Å². The Kier molecular flexibility index (Phi) is 4.83. The number of rotatable bonds is 6. The van der Waals surface area contributed by atoms with Crippen LogP contribution in [0.4, 0.5) is 0 Å². The molecule has 0 spiro atoms. The van der Waals surface area contributed by atoms with Gasteiger partial charge in [0.05, 0.1) is 20.6 Å². The Morgan fingerprint density at radius 3 is 2.52 bits per heavy atom. The predicted molar refractivity (Wildman–Crippen MR) is 78.1 cm³/mol. The maximum absolute atomic E-state index is 12.1. The normalized spacial score (nSPS) is 21.3. The van der Waals surface area contributed by atoms with E-state index < -0.39 is 0 Å². The van der Waals surface area contributed by atoms with Gasteiger partial charge in [-0.15, -0.1) is 0 Å². The monoisotopic (exact) mass is 291 g/mol. The molecule has 1 amide bonds. The van der Waals surface area contributed by atoms with E-state index in [2.05, 4.69) is 10.1 Å². The van der Waals surface area contributed by atoms with Gasteiger partial charge >= 0.3 is 5.97 Å². The van der Waals surface area contributed by atoms with Gasteiger partial charge < -0.3 is 14.8 Å². The average Bonchev–Trinajstić information content (AvgIpc) is 3.27. The molecule has 5 nitrogen and oxygen atoms in total. The van der Waals surface area contributed by atoms with E-state index in [1.165, 1.54) is 7.11 Å². The van der Waals surface area contributed by atoms with Crippen molar-refractivity contribution < 1.29 is 19.1 Å². The number of methoxy groups -OCH3 is 2. The van der Waals surface area contributed by atoms with Crippen LogP contribution in [0.25, 0.3) is 0 Å². The van der Waals surface area contributed by atoms with E-state index in [0.29, 0.717) is 0 Å². The molecule has 0 aromatic heterocycles. The molecule has 2 rings (SSSR count). The Hall–Kier alpha value is -2.04. The molecule has 1 N–H and O–H groups in total. The van der Waals surface area contributed by atoms with Gasteiger partial charge in [0.2, 0.25) is 5.91 Å². The maximum Gasteiger partial charge on any atom is 0.307 e. The number of nitrogens with one attached hydrogen (secondary N) is 1. The molecule has 0 saturated heterocycles. The Morgan fingerprint density at radius 2 is 1.95 bits per heavy atom. The molecule has 1 aliphatic carbocycles. The molecular formula is C16H21NO4. The highest BCUT2D eigenvalue weighted by atomic mass is 16.5. The van der Waals surface area contributed by atoms with E-state index in [-0.39, 0.29) is 36.2 Å². The lowest BCUT2D eigenvalue weighted by atomic mass is 10.1. The van der Waals surface area contributed by atoms with Gasteiger partial charge in [-0.3, -0.25) is 9.59 Å². The summed E-state index contributed by atoms with van der Waals surface area (Å²) >= 11 is 0. The summed E-state index contributed by atoms with van der Waals surface area (Å²) in [6, 6.07) is 7.59. The van der Waals surface area contributed by atoms with Crippen molar-refractivity contribution in [2.24, 2.45) is 5.92 Å².